The van der Waals surface area contributed by atoms with Crippen molar-refractivity contribution in [3.8, 4) is 0 Å². The number of para-hydroxylation sites is 1. The van der Waals surface area contributed by atoms with Gasteiger partial charge in [-0.3, -0.25) is 4.99 Å². The number of amidine groups is 1. The molecule has 2 N–H and O–H groups in total. The third kappa shape index (κ3) is 3.47. The SMILES string of the molecule is Cc1cccc(CN=C2Nc3ccccc3CC23CCCNCC3)c1. The Morgan fingerprint density at radius 3 is 2.88 bits per heavy atom. The van der Waals surface area contributed by atoms with Crippen LogP contribution >= 0.6 is 0 Å². The summed E-state index contributed by atoms with van der Waals surface area (Å²) in [5, 5.41) is 7.25. The zero-order valence-corrected chi connectivity index (χ0v) is 15.0. The van der Waals surface area contributed by atoms with Crippen molar-refractivity contribution in [2.45, 2.75) is 39.2 Å². The van der Waals surface area contributed by atoms with Gasteiger partial charge in [-0.2, -0.15) is 0 Å². The molecule has 2 aliphatic rings. The Morgan fingerprint density at radius 1 is 1.04 bits per heavy atom. The largest absolute Gasteiger partial charge is 0.343 e. The summed E-state index contributed by atoms with van der Waals surface area (Å²) >= 11 is 0. The number of anilines is 1. The summed E-state index contributed by atoms with van der Waals surface area (Å²) in [6, 6.07) is 17.4. The van der Waals surface area contributed by atoms with E-state index in [1.54, 1.807) is 0 Å². The number of rotatable bonds is 2. The van der Waals surface area contributed by atoms with E-state index in [-0.39, 0.29) is 5.41 Å². The van der Waals surface area contributed by atoms with E-state index in [1.807, 2.05) is 0 Å². The van der Waals surface area contributed by atoms with Gasteiger partial charge in [0, 0.05) is 11.1 Å². The highest BCUT2D eigenvalue weighted by molar-refractivity contribution is 6.02. The topological polar surface area (TPSA) is 36.4 Å². The molecule has 1 fully saturated rings. The predicted molar refractivity (Wildman–Crippen MR) is 105 cm³/mol. The highest BCUT2D eigenvalue weighted by Gasteiger charge is 2.40. The maximum atomic E-state index is 5.09. The van der Waals surface area contributed by atoms with Crippen molar-refractivity contribution in [1.29, 1.82) is 0 Å². The first-order valence-electron chi connectivity index (χ1n) is 9.41. The molecular weight excluding hydrogens is 306 g/mol. The number of hydrogen-bond acceptors (Lipinski definition) is 2. The van der Waals surface area contributed by atoms with Crippen LogP contribution in [-0.4, -0.2) is 18.9 Å². The predicted octanol–water partition coefficient (Wildman–Crippen LogP) is 4.32. The molecule has 2 aromatic rings. The summed E-state index contributed by atoms with van der Waals surface area (Å²) in [7, 11) is 0. The van der Waals surface area contributed by atoms with Gasteiger partial charge in [0.25, 0.3) is 0 Å². The van der Waals surface area contributed by atoms with E-state index < -0.39 is 0 Å². The molecule has 0 amide bonds. The van der Waals surface area contributed by atoms with Crippen LogP contribution in [0.2, 0.25) is 0 Å². The molecule has 25 heavy (non-hydrogen) atoms. The highest BCUT2D eigenvalue weighted by Crippen LogP contribution is 2.41. The first-order valence-corrected chi connectivity index (χ1v) is 9.41. The van der Waals surface area contributed by atoms with Gasteiger partial charge in [-0.25, -0.2) is 0 Å². The maximum Gasteiger partial charge on any atom is 0.108 e. The van der Waals surface area contributed by atoms with E-state index in [0.717, 1.165) is 32.5 Å². The Bertz CT molecular complexity index is 770. The second kappa shape index (κ2) is 7.01. The Morgan fingerprint density at radius 2 is 1.96 bits per heavy atom. The van der Waals surface area contributed by atoms with Crippen molar-refractivity contribution < 1.29 is 0 Å². The van der Waals surface area contributed by atoms with Crippen molar-refractivity contribution in [1.82, 2.24) is 5.32 Å². The summed E-state index contributed by atoms with van der Waals surface area (Å²) in [5.41, 5.74) is 5.40. The van der Waals surface area contributed by atoms with Crippen LogP contribution in [0.15, 0.2) is 53.5 Å². The number of aliphatic imine (C=N–C) groups is 1. The lowest BCUT2D eigenvalue weighted by atomic mass is 9.72. The zero-order valence-electron chi connectivity index (χ0n) is 15.0. The Labute approximate surface area is 150 Å². The maximum absolute atomic E-state index is 5.09. The van der Waals surface area contributed by atoms with E-state index in [2.05, 4.69) is 66.1 Å². The molecule has 0 aliphatic carbocycles. The molecule has 3 heteroatoms. The quantitative estimate of drug-likeness (QED) is 0.858. The van der Waals surface area contributed by atoms with Crippen LogP contribution in [0.25, 0.3) is 0 Å². The molecule has 1 unspecified atom stereocenters. The fourth-order valence-electron chi connectivity index (χ4n) is 4.24. The standard InChI is InChI=1S/C22H27N3/c1-17-6-4-7-18(14-17)16-24-21-22(10-5-12-23-13-11-22)15-19-8-2-3-9-20(19)25-21/h2-4,6-9,14,23H,5,10-13,15-16H2,1H3,(H,24,25). The summed E-state index contributed by atoms with van der Waals surface area (Å²) in [5.74, 6) is 1.19. The molecule has 1 saturated heterocycles. The molecular formula is C22H27N3. The fraction of sp³-hybridized carbons (Fsp3) is 0.409. The van der Waals surface area contributed by atoms with Gasteiger partial charge < -0.3 is 10.6 Å². The second-order valence-electron chi connectivity index (χ2n) is 7.50. The van der Waals surface area contributed by atoms with Gasteiger partial charge in [-0.15, -0.1) is 0 Å². The Hall–Kier alpha value is -2.13. The monoisotopic (exact) mass is 333 g/mol. The van der Waals surface area contributed by atoms with Gasteiger partial charge in [-0.05, 0) is 62.9 Å². The molecule has 3 nitrogen and oxygen atoms in total. The average Bonchev–Trinajstić information content (AvgIpc) is 2.86. The average molecular weight is 333 g/mol. The van der Waals surface area contributed by atoms with Gasteiger partial charge in [0.1, 0.15) is 5.84 Å². The van der Waals surface area contributed by atoms with Gasteiger partial charge in [-0.1, -0.05) is 48.0 Å². The first-order chi connectivity index (χ1) is 12.3. The third-order valence-corrected chi connectivity index (χ3v) is 5.59. The summed E-state index contributed by atoms with van der Waals surface area (Å²) in [4.78, 5) is 5.09. The van der Waals surface area contributed by atoms with Gasteiger partial charge in [0.05, 0.1) is 6.54 Å². The number of benzene rings is 2. The highest BCUT2D eigenvalue weighted by atomic mass is 15.0. The van der Waals surface area contributed by atoms with Crippen LogP contribution in [0.3, 0.4) is 0 Å². The molecule has 0 radical (unpaired) electrons. The van der Waals surface area contributed by atoms with Crippen molar-refractivity contribution in [2.75, 3.05) is 18.4 Å². The molecule has 0 aromatic heterocycles. The smallest absolute Gasteiger partial charge is 0.108 e. The Balaban J connectivity index is 1.67. The number of nitrogens with one attached hydrogen (secondary N) is 2. The molecule has 2 aliphatic heterocycles. The molecule has 1 atom stereocenters. The number of hydrogen-bond donors (Lipinski definition) is 2. The van der Waals surface area contributed by atoms with E-state index in [0.29, 0.717) is 0 Å². The fourth-order valence-corrected chi connectivity index (χ4v) is 4.24. The van der Waals surface area contributed by atoms with Gasteiger partial charge >= 0.3 is 0 Å². The molecule has 2 heterocycles. The van der Waals surface area contributed by atoms with E-state index in [9.17, 15) is 0 Å². The summed E-state index contributed by atoms with van der Waals surface area (Å²) in [6.45, 7) is 5.09. The molecule has 130 valence electrons. The molecule has 0 bridgehead atoms. The van der Waals surface area contributed by atoms with Crippen LogP contribution < -0.4 is 10.6 Å². The van der Waals surface area contributed by atoms with Crippen molar-refractivity contribution in [3.05, 3.63) is 65.2 Å². The van der Waals surface area contributed by atoms with Crippen molar-refractivity contribution in [2.24, 2.45) is 10.4 Å². The molecule has 2 aromatic carbocycles. The third-order valence-electron chi connectivity index (χ3n) is 5.59. The molecule has 1 spiro atoms. The Kier molecular flexibility index (Phi) is 4.58. The van der Waals surface area contributed by atoms with Crippen molar-refractivity contribution >= 4 is 11.5 Å². The normalized spacial score (nSPS) is 24.6. The van der Waals surface area contributed by atoms with Gasteiger partial charge in [0.15, 0.2) is 0 Å². The molecule has 4 rings (SSSR count). The summed E-state index contributed by atoms with van der Waals surface area (Å²) < 4.78 is 0. The van der Waals surface area contributed by atoms with Crippen molar-refractivity contribution in [3.63, 3.8) is 0 Å². The van der Waals surface area contributed by atoms with Crippen LogP contribution in [0.5, 0.6) is 0 Å². The lowest BCUT2D eigenvalue weighted by molar-refractivity contribution is 0.363. The van der Waals surface area contributed by atoms with E-state index in [1.165, 1.54) is 41.1 Å². The van der Waals surface area contributed by atoms with Crippen LogP contribution in [0, 0.1) is 12.3 Å². The zero-order chi connectivity index (χ0) is 17.1. The minimum absolute atomic E-state index is 0.154. The first kappa shape index (κ1) is 16.3. The minimum atomic E-state index is 0.154. The molecule has 0 saturated carbocycles. The van der Waals surface area contributed by atoms with Crippen LogP contribution in [-0.2, 0) is 13.0 Å². The number of nitrogens with zero attached hydrogens (tertiary/aromatic N) is 1. The lowest BCUT2D eigenvalue weighted by Gasteiger charge is -2.39. The van der Waals surface area contributed by atoms with Crippen LogP contribution in [0.4, 0.5) is 5.69 Å². The van der Waals surface area contributed by atoms with E-state index >= 15 is 0 Å². The number of fused-ring (bicyclic) bond motifs is 1. The minimum Gasteiger partial charge on any atom is -0.343 e. The lowest BCUT2D eigenvalue weighted by Crippen LogP contribution is -2.42. The number of aryl methyl sites for hydroxylation is 1. The van der Waals surface area contributed by atoms with E-state index in [4.69, 9.17) is 4.99 Å². The summed E-state index contributed by atoms with van der Waals surface area (Å²) in [6.07, 6.45) is 4.67. The van der Waals surface area contributed by atoms with Gasteiger partial charge in [0.2, 0.25) is 0 Å². The van der Waals surface area contributed by atoms with Crippen LogP contribution in [0.1, 0.15) is 36.0 Å². The second-order valence-corrected chi connectivity index (χ2v) is 7.50.